The molecule has 0 saturated carbocycles. The molecule has 2 heterocycles. The number of halogens is 4. The number of Topliss-reactive ketones (excluding diaryl/α,β-unsaturated/α-hetero) is 1. The highest BCUT2D eigenvalue weighted by Gasteiger charge is 2.30. The number of fused-ring (bicyclic) bond motifs is 2. The predicted octanol–water partition coefficient (Wildman–Crippen LogP) is 7.02. The summed E-state index contributed by atoms with van der Waals surface area (Å²) in [5, 5.41) is 10.0. The maximum absolute atomic E-state index is 14.3. The van der Waals surface area contributed by atoms with Gasteiger partial charge in [0.2, 0.25) is 0 Å². The highest BCUT2D eigenvalue weighted by atomic mass is 19.1. The monoisotopic (exact) mass is 542 g/mol. The maximum Gasteiger partial charge on any atom is 0.153 e. The van der Waals surface area contributed by atoms with Gasteiger partial charge in [-0.2, -0.15) is 10.2 Å². The number of carbonyl (C=O) groups excluding carboxylic acids is 1. The van der Waals surface area contributed by atoms with Crippen molar-refractivity contribution < 1.29 is 22.4 Å². The standard InChI is InChI=1S/C31H22F4N4O/c32-15-27(19-1-11-29-21(13-19)17-36-38(29)25-7-3-23(34)4-8-25)31(40)28(16-33)20-2-12-30-22(14-20)18-37-39(30)26-9-5-24(35)6-10-26/h1-14,17-18,27-28H,15-16H2. The summed E-state index contributed by atoms with van der Waals surface area (Å²) in [6.45, 7) is -1.98. The fourth-order valence-corrected chi connectivity index (χ4v) is 5.01. The third kappa shape index (κ3) is 4.53. The fraction of sp³-hybridized carbons (Fsp3) is 0.129. The van der Waals surface area contributed by atoms with Crippen LogP contribution in [0.25, 0.3) is 33.2 Å². The molecule has 9 heteroatoms. The van der Waals surface area contributed by atoms with Gasteiger partial charge in [0.15, 0.2) is 5.78 Å². The Morgan fingerprint density at radius 3 is 1.40 bits per heavy atom. The zero-order valence-corrected chi connectivity index (χ0v) is 21.0. The highest BCUT2D eigenvalue weighted by molar-refractivity contribution is 5.94. The van der Waals surface area contributed by atoms with Crippen molar-refractivity contribution in [1.29, 1.82) is 0 Å². The Balaban J connectivity index is 1.29. The van der Waals surface area contributed by atoms with Gasteiger partial charge in [-0.3, -0.25) is 4.79 Å². The summed E-state index contributed by atoms with van der Waals surface area (Å²) < 4.78 is 58.6. The van der Waals surface area contributed by atoms with Crippen LogP contribution < -0.4 is 0 Å². The van der Waals surface area contributed by atoms with Gasteiger partial charge in [0.25, 0.3) is 0 Å². The Morgan fingerprint density at radius 2 is 1.02 bits per heavy atom. The zero-order valence-electron chi connectivity index (χ0n) is 21.0. The van der Waals surface area contributed by atoms with Crippen LogP contribution in [0.2, 0.25) is 0 Å². The van der Waals surface area contributed by atoms with Crippen LogP contribution in [0.5, 0.6) is 0 Å². The Kier molecular flexibility index (Phi) is 6.63. The predicted molar refractivity (Wildman–Crippen MR) is 144 cm³/mol. The number of carbonyl (C=O) groups is 1. The van der Waals surface area contributed by atoms with E-state index in [0.29, 0.717) is 44.3 Å². The first-order chi connectivity index (χ1) is 19.5. The molecule has 0 spiro atoms. The average Bonchev–Trinajstić information content (AvgIpc) is 3.59. The summed E-state index contributed by atoms with van der Waals surface area (Å²) in [6, 6.07) is 21.8. The van der Waals surface area contributed by atoms with Crippen molar-refractivity contribution in [3.05, 3.63) is 120 Å². The number of nitrogens with zero attached hydrogens (tertiary/aromatic N) is 4. The Hall–Kier alpha value is -4.79. The number of benzene rings is 4. The van der Waals surface area contributed by atoms with Crippen LogP contribution in [-0.2, 0) is 4.79 Å². The van der Waals surface area contributed by atoms with E-state index < -0.39 is 31.0 Å². The molecule has 0 aliphatic rings. The summed E-state index contributed by atoms with van der Waals surface area (Å²) in [5.41, 5.74) is 3.54. The minimum atomic E-state index is -1.17. The lowest BCUT2D eigenvalue weighted by atomic mass is 9.84. The van der Waals surface area contributed by atoms with Crippen LogP contribution in [0.15, 0.2) is 97.3 Å². The van der Waals surface area contributed by atoms with E-state index in [1.54, 1.807) is 82.4 Å². The molecule has 2 unspecified atom stereocenters. The third-order valence-corrected chi connectivity index (χ3v) is 7.13. The number of rotatable bonds is 8. The van der Waals surface area contributed by atoms with Crippen LogP contribution >= 0.6 is 0 Å². The first-order valence-corrected chi connectivity index (χ1v) is 12.6. The first-order valence-electron chi connectivity index (χ1n) is 12.6. The van der Waals surface area contributed by atoms with Crippen LogP contribution in [0.1, 0.15) is 23.0 Å². The van der Waals surface area contributed by atoms with E-state index in [-0.39, 0.29) is 11.6 Å². The quantitative estimate of drug-likeness (QED) is 0.194. The molecule has 5 nitrogen and oxygen atoms in total. The van der Waals surface area contributed by atoms with Crippen molar-refractivity contribution in [2.24, 2.45) is 0 Å². The van der Waals surface area contributed by atoms with Crippen LogP contribution in [-0.4, -0.2) is 38.7 Å². The van der Waals surface area contributed by atoms with Gasteiger partial charge in [0.05, 0.1) is 46.6 Å². The molecule has 0 radical (unpaired) electrons. The average molecular weight is 543 g/mol. The van der Waals surface area contributed by atoms with E-state index in [1.165, 1.54) is 24.3 Å². The normalized spacial score (nSPS) is 13.1. The Bertz CT molecular complexity index is 1690. The molecule has 4 aromatic carbocycles. The van der Waals surface area contributed by atoms with Gasteiger partial charge in [0.1, 0.15) is 25.0 Å². The number of aromatic nitrogens is 4. The highest BCUT2D eigenvalue weighted by Crippen LogP contribution is 2.32. The molecule has 0 bridgehead atoms. The molecule has 40 heavy (non-hydrogen) atoms. The smallest absolute Gasteiger partial charge is 0.153 e. The van der Waals surface area contributed by atoms with Crippen molar-refractivity contribution in [3.63, 3.8) is 0 Å². The lowest BCUT2D eigenvalue weighted by molar-refractivity contribution is -0.122. The zero-order chi connectivity index (χ0) is 27.8. The number of hydrogen-bond acceptors (Lipinski definition) is 3. The lowest BCUT2D eigenvalue weighted by Gasteiger charge is -2.19. The van der Waals surface area contributed by atoms with Crippen LogP contribution in [0, 0.1) is 11.6 Å². The van der Waals surface area contributed by atoms with Gasteiger partial charge in [-0.05, 0) is 83.9 Å². The minimum absolute atomic E-state index is 0.366. The molecule has 0 N–H and O–H groups in total. The van der Waals surface area contributed by atoms with Gasteiger partial charge in [-0.15, -0.1) is 0 Å². The molecular weight excluding hydrogens is 520 g/mol. The maximum atomic E-state index is 14.3. The van der Waals surface area contributed by atoms with E-state index in [0.717, 1.165) is 0 Å². The molecule has 0 fully saturated rings. The van der Waals surface area contributed by atoms with E-state index in [4.69, 9.17) is 0 Å². The summed E-state index contributed by atoms with van der Waals surface area (Å²) in [6.07, 6.45) is 3.17. The molecule has 0 aliphatic carbocycles. The summed E-state index contributed by atoms with van der Waals surface area (Å²) in [7, 11) is 0. The van der Waals surface area contributed by atoms with Crippen molar-refractivity contribution in [2.75, 3.05) is 13.3 Å². The SMILES string of the molecule is O=C(C(CF)c1ccc2c(cnn2-c2ccc(F)cc2)c1)C(CF)c1ccc2c(cnn2-c2ccc(F)cc2)c1. The second-order valence-electron chi connectivity index (χ2n) is 9.52. The molecule has 200 valence electrons. The molecule has 0 aliphatic heterocycles. The van der Waals surface area contributed by atoms with Crippen molar-refractivity contribution in [1.82, 2.24) is 19.6 Å². The third-order valence-electron chi connectivity index (χ3n) is 7.13. The summed E-state index contributed by atoms with van der Waals surface area (Å²) >= 11 is 0. The van der Waals surface area contributed by atoms with Crippen LogP contribution in [0.3, 0.4) is 0 Å². The van der Waals surface area contributed by atoms with Gasteiger partial charge in [-0.25, -0.2) is 26.9 Å². The van der Waals surface area contributed by atoms with Crippen molar-refractivity contribution in [2.45, 2.75) is 11.8 Å². The topological polar surface area (TPSA) is 52.7 Å². The van der Waals surface area contributed by atoms with E-state index in [2.05, 4.69) is 10.2 Å². The van der Waals surface area contributed by atoms with Crippen LogP contribution in [0.4, 0.5) is 17.6 Å². The molecule has 6 aromatic rings. The van der Waals surface area contributed by atoms with Gasteiger partial charge in [-0.1, -0.05) is 12.1 Å². The number of hydrogen-bond donors (Lipinski definition) is 0. The molecule has 0 amide bonds. The second-order valence-corrected chi connectivity index (χ2v) is 9.52. The molecule has 0 saturated heterocycles. The molecule has 2 atom stereocenters. The minimum Gasteiger partial charge on any atom is -0.298 e. The Morgan fingerprint density at radius 1 is 0.625 bits per heavy atom. The van der Waals surface area contributed by atoms with E-state index >= 15 is 0 Å². The van der Waals surface area contributed by atoms with E-state index in [1.807, 2.05) is 0 Å². The van der Waals surface area contributed by atoms with Crippen molar-refractivity contribution in [3.8, 4) is 11.4 Å². The second kappa shape index (κ2) is 10.4. The summed E-state index contributed by atoms with van der Waals surface area (Å²) in [4.78, 5) is 13.5. The van der Waals surface area contributed by atoms with Crippen molar-refractivity contribution >= 4 is 27.6 Å². The molecule has 2 aromatic heterocycles. The summed E-state index contributed by atoms with van der Waals surface area (Å²) in [5.74, 6) is -3.64. The number of alkyl halides is 2. The number of ketones is 1. The lowest BCUT2D eigenvalue weighted by Crippen LogP contribution is -2.23. The molecule has 6 rings (SSSR count). The van der Waals surface area contributed by atoms with Gasteiger partial charge < -0.3 is 0 Å². The van der Waals surface area contributed by atoms with E-state index in [9.17, 15) is 22.4 Å². The molecular formula is C31H22F4N4O. The Labute approximate surface area is 226 Å². The van der Waals surface area contributed by atoms with Gasteiger partial charge in [0, 0.05) is 10.8 Å². The largest absolute Gasteiger partial charge is 0.298 e. The van der Waals surface area contributed by atoms with Gasteiger partial charge >= 0.3 is 0 Å². The first kappa shape index (κ1) is 25.5. The fourth-order valence-electron chi connectivity index (χ4n) is 5.01.